The summed E-state index contributed by atoms with van der Waals surface area (Å²) in [4.78, 5) is 19.8. The standard InChI is InChI=1S/C28H43N5/c1-6-8-9-10-23(33-16-13-24-27(33)17-22(7-2)18-29-24)12-11-21(5)26-19-30-25-14-15-32(20(3)4)28(25)31-26/h17-21,23H,6-16H2,1-5H3. The molecule has 0 aliphatic carbocycles. The summed E-state index contributed by atoms with van der Waals surface area (Å²) in [5.74, 6) is 1.55. The molecular weight excluding hydrogens is 406 g/mol. The maximum Gasteiger partial charge on any atom is 0.150 e. The molecular formula is C28H43N5. The van der Waals surface area contributed by atoms with E-state index in [0.717, 1.165) is 50.3 Å². The van der Waals surface area contributed by atoms with E-state index in [1.54, 1.807) is 0 Å². The number of aryl methyl sites for hydroxylation is 1. The number of pyridine rings is 1. The maximum absolute atomic E-state index is 5.11. The van der Waals surface area contributed by atoms with Crippen LogP contribution in [0.2, 0.25) is 0 Å². The van der Waals surface area contributed by atoms with E-state index in [4.69, 9.17) is 15.0 Å². The van der Waals surface area contributed by atoms with Gasteiger partial charge in [-0.15, -0.1) is 0 Å². The molecule has 180 valence electrons. The van der Waals surface area contributed by atoms with Crippen LogP contribution >= 0.6 is 0 Å². The minimum Gasteiger partial charge on any atom is -0.367 e. The van der Waals surface area contributed by atoms with Crippen molar-refractivity contribution in [2.45, 2.75) is 110 Å². The number of anilines is 2. The summed E-state index contributed by atoms with van der Waals surface area (Å²) in [6.45, 7) is 13.5. The Kier molecular flexibility index (Phi) is 7.87. The summed E-state index contributed by atoms with van der Waals surface area (Å²) in [7, 11) is 0. The van der Waals surface area contributed by atoms with Gasteiger partial charge in [0.05, 0.1) is 22.8 Å². The first-order chi connectivity index (χ1) is 16.0. The third kappa shape index (κ3) is 5.33. The molecule has 0 aromatic carbocycles. The molecule has 2 aliphatic heterocycles. The summed E-state index contributed by atoms with van der Waals surface area (Å²) in [6.07, 6.45) is 14.8. The van der Waals surface area contributed by atoms with Gasteiger partial charge in [-0.3, -0.25) is 9.97 Å². The number of hydrogen-bond acceptors (Lipinski definition) is 5. The van der Waals surface area contributed by atoms with E-state index in [1.807, 2.05) is 6.20 Å². The van der Waals surface area contributed by atoms with Gasteiger partial charge in [0.25, 0.3) is 0 Å². The number of rotatable bonds is 11. The Labute approximate surface area is 201 Å². The maximum atomic E-state index is 5.11. The second kappa shape index (κ2) is 10.8. The topological polar surface area (TPSA) is 45.2 Å². The highest BCUT2D eigenvalue weighted by Gasteiger charge is 2.29. The fraction of sp³-hybridized carbons (Fsp3) is 0.679. The molecule has 5 heteroatoms. The van der Waals surface area contributed by atoms with E-state index in [0.29, 0.717) is 18.0 Å². The minimum absolute atomic E-state index is 0.424. The van der Waals surface area contributed by atoms with Crippen molar-refractivity contribution in [2.75, 3.05) is 22.9 Å². The number of aromatic nitrogens is 3. The van der Waals surface area contributed by atoms with Gasteiger partial charge in [0, 0.05) is 56.3 Å². The van der Waals surface area contributed by atoms with E-state index in [-0.39, 0.29) is 0 Å². The first-order valence-electron chi connectivity index (χ1n) is 13.4. The SMILES string of the molecule is CCCCCC(CCC(C)c1cnc2c(n1)N(C(C)C)CC2)N1CCc2ncc(CC)cc21. The molecule has 0 N–H and O–H groups in total. The van der Waals surface area contributed by atoms with Crippen LogP contribution in [0.15, 0.2) is 18.5 Å². The monoisotopic (exact) mass is 449 g/mol. The van der Waals surface area contributed by atoms with Crippen LogP contribution in [0.1, 0.15) is 102 Å². The second-order valence-electron chi connectivity index (χ2n) is 10.3. The van der Waals surface area contributed by atoms with Gasteiger partial charge in [-0.1, -0.05) is 40.0 Å². The van der Waals surface area contributed by atoms with Crippen molar-refractivity contribution in [3.05, 3.63) is 41.1 Å². The van der Waals surface area contributed by atoms with Crippen LogP contribution in [-0.2, 0) is 19.3 Å². The number of nitrogens with zero attached hydrogens (tertiary/aromatic N) is 5. The van der Waals surface area contributed by atoms with Gasteiger partial charge in [0.2, 0.25) is 0 Å². The Balaban J connectivity index is 1.47. The molecule has 4 heterocycles. The molecule has 4 rings (SSSR count). The van der Waals surface area contributed by atoms with E-state index in [1.165, 1.54) is 54.7 Å². The van der Waals surface area contributed by atoms with Gasteiger partial charge < -0.3 is 9.80 Å². The van der Waals surface area contributed by atoms with Crippen LogP contribution in [0.25, 0.3) is 0 Å². The quantitative estimate of drug-likeness (QED) is 0.388. The molecule has 2 aromatic heterocycles. The number of fused-ring (bicyclic) bond motifs is 2. The van der Waals surface area contributed by atoms with Crippen molar-refractivity contribution in [3.8, 4) is 0 Å². The van der Waals surface area contributed by atoms with E-state index < -0.39 is 0 Å². The third-order valence-corrected chi connectivity index (χ3v) is 7.66. The van der Waals surface area contributed by atoms with Gasteiger partial charge in [-0.25, -0.2) is 4.98 Å². The average molecular weight is 450 g/mol. The van der Waals surface area contributed by atoms with Gasteiger partial charge in [-0.05, 0) is 51.2 Å². The first kappa shape index (κ1) is 24.0. The van der Waals surface area contributed by atoms with Crippen molar-refractivity contribution in [1.29, 1.82) is 0 Å². The lowest BCUT2D eigenvalue weighted by Gasteiger charge is -2.31. The van der Waals surface area contributed by atoms with Crippen molar-refractivity contribution in [2.24, 2.45) is 0 Å². The third-order valence-electron chi connectivity index (χ3n) is 7.66. The van der Waals surface area contributed by atoms with Crippen LogP contribution in [0, 0.1) is 0 Å². The summed E-state index contributed by atoms with van der Waals surface area (Å²) in [6, 6.07) is 3.47. The molecule has 5 nitrogen and oxygen atoms in total. The zero-order chi connectivity index (χ0) is 23.4. The van der Waals surface area contributed by atoms with Gasteiger partial charge >= 0.3 is 0 Å². The van der Waals surface area contributed by atoms with Crippen molar-refractivity contribution < 1.29 is 0 Å². The predicted octanol–water partition coefficient (Wildman–Crippen LogP) is 6.10. The highest BCUT2D eigenvalue weighted by Crippen LogP contribution is 2.34. The average Bonchev–Trinajstić information content (AvgIpc) is 3.44. The van der Waals surface area contributed by atoms with Crippen molar-refractivity contribution >= 4 is 11.5 Å². The molecule has 0 fully saturated rings. The second-order valence-corrected chi connectivity index (χ2v) is 10.3. The lowest BCUT2D eigenvalue weighted by Crippen LogP contribution is -2.34. The van der Waals surface area contributed by atoms with Gasteiger partial charge in [0.15, 0.2) is 5.82 Å². The molecule has 0 saturated carbocycles. The lowest BCUT2D eigenvalue weighted by atomic mass is 9.95. The molecule has 0 saturated heterocycles. The summed E-state index contributed by atoms with van der Waals surface area (Å²) < 4.78 is 0. The van der Waals surface area contributed by atoms with Crippen LogP contribution < -0.4 is 9.80 Å². The molecule has 0 amide bonds. The Hall–Kier alpha value is -2.17. The minimum atomic E-state index is 0.424. The fourth-order valence-corrected chi connectivity index (χ4v) is 5.46. The molecule has 33 heavy (non-hydrogen) atoms. The van der Waals surface area contributed by atoms with Crippen molar-refractivity contribution in [3.63, 3.8) is 0 Å². The Morgan fingerprint density at radius 2 is 1.64 bits per heavy atom. The van der Waals surface area contributed by atoms with E-state index in [9.17, 15) is 0 Å². The zero-order valence-corrected chi connectivity index (χ0v) is 21.5. The number of hydrogen-bond donors (Lipinski definition) is 0. The molecule has 0 radical (unpaired) electrons. The van der Waals surface area contributed by atoms with E-state index in [2.05, 4.69) is 56.7 Å². The smallest absolute Gasteiger partial charge is 0.150 e. The first-order valence-corrected chi connectivity index (χ1v) is 13.4. The van der Waals surface area contributed by atoms with Crippen molar-refractivity contribution in [1.82, 2.24) is 15.0 Å². The fourth-order valence-electron chi connectivity index (χ4n) is 5.46. The van der Waals surface area contributed by atoms with Crippen LogP contribution in [-0.4, -0.2) is 40.1 Å². The molecule has 2 unspecified atom stereocenters. The highest BCUT2D eigenvalue weighted by molar-refractivity contribution is 5.57. The lowest BCUT2D eigenvalue weighted by molar-refractivity contribution is 0.463. The highest BCUT2D eigenvalue weighted by atomic mass is 15.2. The summed E-state index contributed by atoms with van der Waals surface area (Å²) in [5, 5.41) is 0. The van der Waals surface area contributed by atoms with Crippen LogP contribution in [0.4, 0.5) is 11.5 Å². The van der Waals surface area contributed by atoms with Gasteiger partial charge in [0.1, 0.15) is 0 Å². The Morgan fingerprint density at radius 3 is 2.39 bits per heavy atom. The molecule has 2 aliphatic rings. The molecule has 2 aromatic rings. The molecule has 0 spiro atoms. The Bertz CT molecular complexity index is 924. The number of unbranched alkanes of at least 4 members (excludes halogenated alkanes) is 2. The molecule has 0 bridgehead atoms. The normalized spacial score (nSPS) is 16.9. The van der Waals surface area contributed by atoms with E-state index >= 15 is 0 Å². The van der Waals surface area contributed by atoms with Crippen LogP contribution in [0.3, 0.4) is 0 Å². The van der Waals surface area contributed by atoms with Crippen LogP contribution in [0.5, 0.6) is 0 Å². The summed E-state index contributed by atoms with van der Waals surface area (Å²) >= 11 is 0. The Morgan fingerprint density at radius 1 is 0.879 bits per heavy atom. The van der Waals surface area contributed by atoms with Gasteiger partial charge in [-0.2, -0.15) is 0 Å². The molecule has 2 atom stereocenters. The summed E-state index contributed by atoms with van der Waals surface area (Å²) in [5.41, 5.74) is 6.37. The predicted molar refractivity (Wildman–Crippen MR) is 138 cm³/mol. The largest absolute Gasteiger partial charge is 0.367 e. The zero-order valence-electron chi connectivity index (χ0n) is 21.5.